The number of likely N-dealkylation sites (tertiary alicyclic amines) is 1. The van der Waals surface area contributed by atoms with Gasteiger partial charge in [0.25, 0.3) is 0 Å². The Bertz CT molecular complexity index is 837. The molecule has 0 radical (unpaired) electrons. The zero-order valence-corrected chi connectivity index (χ0v) is 18.0. The molecule has 2 heterocycles. The molecule has 0 amide bonds. The van der Waals surface area contributed by atoms with Crippen LogP contribution in [0, 0.1) is 11.7 Å². The van der Waals surface area contributed by atoms with E-state index < -0.39 is 6.23 Å². The van der Waals surface area contributed by atoms with Crippen molar-refractivity contribution in [2.24, 2.45) is 5.92 Å². The van der Waals surface area contributed by atoms with Gasteiger partial charge in [-0.2, -0.15) is 0 Å². The molecule has 6 heteroatoms. The molecule has 4 nitrogen and oxygen atoms in total. The summed E-state index contributed by atoms with van der Waals surface area (Å²) in [6.45, 7) is 4.80. The topological polar surface area (TPSA) is 43.8 Å². The lowest BCUT2D eigenvalue weighted by Gasteiger charge is -2.34. The lowest BCUT2D eigenvalue weighted by atomic mass is 9.96. The largest absolute Gasteiger partial charge is 0.374 e. The number of aliphatic hydroxyl groups excluding tert-OH is 1. The van der Waals surface area contributed by atoms with Crippen molar-refractivity contribution < 1.29 is 14.3 Å². The van der Waals surface area contributed by atoms with E-state index in [9.17, 15) is 14.3 Å². The molecule has 1 N–H and O–H groups in total. The van der Waals surface area contributed by atoms with E-state index in [1.807, 2.05) is 18.2 Å². The van der Waals surface area contributed by atoms with Gasteiger partial charge in [0, 0.05) is 25.1 Å². The van der Waals surface area contributed by atoms with E-state index in [4.69, 9.17) is 0 Å². The van der Waals surface area contributed by atoms with Gasteiger partial charge < -0.3 is 10.0 Å². The van der Waals surface area contributed by atoms with Crippen LogP contribution in [0.3, 0.4) is 0 Å². The molecule has 2 aliphatic rings. The van der Waals surface area contributed by atoms with Gasteiger partial charge in [0.2, 0.25) is 0 Å². The Morgan fingerprint density at radius 3 is 2.47 bits per heavy atom. The van der Waals surface area contributed by atoms with Crippen molar-refractivity contribution in [1.82, 2.24) is 9.80 Å². The highest BCUT2D eigenvalue weighted by Crippen LogP contribution is 2.33. The van der Waals surface area contributed by atoms with Gasteiger partial charge in [0.15, 0.2) is 5.78 Å². The maximum Gasteiger partial charge on any atom is 0.162 e. The summed E-state index contributed by atoms with van der Waals surface area (Å²) in [5, 5.41) is 10.6. The third-order valence-corrected chi connectivity index (χ3v) is 6.30. The summed E-state index contributed by atoms with van der Waals surface area (Å²) in [7, 11) is 0. The second-order valence-corrected chi connectivity index (χ2v) is 8.32. The van der Waals surface area contributed by atoms with Crippen molar-refractivity contribution >= 4 is 18.2 Å². The number of ketones is 1. The van der Waals surface area contributed by atoms with E-state index in [1.54, 1.807) is 12.1 Å². The fraction of sp³-hybridized carbons (Fsp3) is 0.458. The summed E-state index contributed by atoms with van der Waals surface area (Å²) >= 11 is 0. The number of carbonyl (C=O) groups is 1. The summed E-state index contributed by atoms with van der Waals surface area (Å²) in [5.41, 5.74) is 2.88. The number of nitrogens with zero attached hydrogens (tertiary/aromatic N) is 2. The molecule has 1 fully saturated rings. The molecular formula is C24H30ClFN2O2. The van der Waals surface area contributed by atoms with Crippen molar-refractivity contribution in [1.29, 1.82) is 0 Å². The molecule has 0 aromatic heterocycles. The minimum atomic E-state index is -0.471. The molecule has 2 aliphatic heterocycles. The Morgan fingerprint density at radius 2 is 1.77 bits per heavy atom. The number of benzene rings is 2. The first-order valence-electron chi connectivity index (χ1n) is 10.6. The molecule has 30 heavy (non-hydrogen) atoms. The van der Waals surface area contributed by atoms with Crippen LogP contribution in [0.1, 0.15) is 53.4 Å². The number of hydrogen-bond donors (Lipinski definition) is 1. The standard InChI is InChI=1S/C24H29FN2O2.ClH/c25-21-9-7-19(8-10-21)23(28)6-3-13-26-14-11-18(12-15-26)16-27-17-20-4-1-2-5-22(20)24(27)29;/h1-2,4-5,7-10,18,24,29H,3,6,11-17H2;1H. The second kappa shape index (κ2) is 10.5. The minimum Gasteiger partial charge on any atom is -0.374 e. The number of halogens is 2. The smallest absolute Gasteiger partial charge is 0.162 e. The van der Waals surface area contributed by atoms with Crippen LogP contribution in [-0.2, 0) is 6.54 Å². The molecule has 1 saturated heterocycles. The van der Waals surface area contributed by atoms with E-state index in [1.165, 1.54) is 17.7 Å². The van der Waals surface area contributed by atoms with Crippen LogP contribution < -0.4 is 0 Å². The quantitative estimate of drug-likeness (QED) is 0.657. The van der Waals surface area contributed by atoms with Crippen molar-refractivity contribution in [3.05, 3.63) is 71.0 Å². The number of Topliss-reactive ketones (excluding diaryl/α,β-unsaturated/α-hetero) is 1. The summed E-state index contributed by atoms with van der Waals surface area (Å²) in [6, 6.07) is 14.0. The Kier molecular flexibility index (Phi) is 8.00. The predicted molar refractivity (Wildman–Crippen MR) is 118 cm³/mol. The number of hydrogen-bond acceptors (Lipinski definition) is 4. The fourth-order valence-corrected chi connectivity index (χ4v) is 4.56. The van der Waals surface area contributed by atoms with Gasteiger partial charge in [-0.1, -0.05) is 24.3 Å². The molecule has 0 aliphatic carbocycles. The van der Waals surface area contributed by atoms with Crippen LogP contribution in [0.4, 0.5) is 4.39 Å². The Labute approximate surface area is 184 Å². The Balaban J connectivity index is 0.00000256. The van der Waals surface area contributed by atoms with Crippen molar-refractivity contribution in [3.8, 4) is 0 Å². The highest BCUT2D eigenvalue weighted by atomic mass is 35.5. The van der Waals surface area contributed by atoms with Gasteiger partial charge >= 0.3 is 0 Å². The third kappa shape index (κ3) is 5.46. The van der Waals surface area contributed by atoms with Gasteiger partial charge in [-0.15, -0.1) is 12.4 Å². The highest BCUT2D eigenvalue weighted by molar-refractivity contribution is 5.95. The van der Waals surface area contributed by atoms with E-state index >= 15 is 0 Å². The minimum absolute atomic E-state index is 0. The van der Waals surface area contributed by atoms with Gasteiger partial charge in [0.05, 0.1) is 0 Å². The van der Waals surface area contributed by atoms with Gasteiger partial charge in [-0.25, -0.2) is 4.39 Å². The van der Waals surface area contributed by atoms with Gasteiger partial charge in [-0.3, -0.25) is 9.69 Å². The van der Waals surface area contributed by atoms with Crippen molar-refractivity contribution in [2.75, 3.05) is 26.2 Å². The van der Waals surface area contributed by atoms with Crippen LogP contribution in [0.2, 0.25) is 0 Å². The summed E-state index contributed by atoms with van der Waals surface area (Å²) < 4.78 is 13.0. The average molecular weight is 433 g/mol. The molecule has 4 rings (SSSR count). The molecule has 0 spiro atoms. The molecule has 162 valence electrons. The monoisotopic (exact) mass is 432 g/mol. The van der Waals surface area contributed by atoms with Crippen LogP contribution in [-0.4, -0.2) is 46.9 Å². The maximum absolute atomic E-state index is 13.0. The number of fused-ring (bicyclic) bond motifs is 1. The zero-order chi connectivity index (χ0) is 20.2. The SMILES string of the molecule is Cl.O=C(CCCN1CCC(CN2Cc3ccccc3C2O)CC1)c1ccc(F)cc1. The van der Waals surface area contributed by atoms with Gasteiger partial charge in [-0.05, 0) is 80.2 Å². The number of aliphatic hydroxyl groups is 1. The number of piperidine rings is 1. The molecule has 0 bridgehead atoms. The number of carbonyl (C=O) groups excluding carboxylic acids is 1. The summed E-state index contributed by atoms with van der Waals surface area (Å²) in [5.74, 6) is 0.383. The summed E-state index contributed by atoms with van der Waals surface area (Å²) in [6.07, 6.45) is 3.13. The fourth-order valence-electron chi connectivity index (χ4n) is 4.56. The summed E-state index contributed by atoms with van der Waals surface area (Å²) in [4.78, 5) is 16.8. The average Bonchev–Trinajstić information content (AvgIpc) is 3.05. The normalized spacial score (nSPS) is 20.0. The highest BCUT2D eigenvalue weighted by Gasteiger charge is 2.30. The first kappa shape index (κ1) is 22.9. The predicted octanol–water partition coefficient (Wildman–Crippen LogP) is 4.43. The first-order chi connectivity index (χ1) is 14.1. The molecule has 2 aromatic carbocycles. The lowest BCUT2D eigenvalue weighted by molar-refractivity contribution is -0.00377. The van der Waals surface area contributed by atoms with Crippen LogP contribution in [0.15, 0.2) is 48.5 Å². The molecule has 1 atom stereocenters. The Hall–Kier alpha value is -1.79. The number of rotatable bonds is 7. The lowest BCUT2D eigenvalue weighted by Crippen LogP contribution is -2.38. The molecule has 2 aromatic rings. The molecule has 1 unspecified atom stereocenters. The van der Waals surface area contributed by atoms with E-state index in [-0.39, 0.29) is 24.0 Å². The van der Waals surface area contributed by atoms with E-state index in [0.29, 0.717) is 17.9 Å². The van der Waals surface area contributed by atoms with Gasteiger partial charge in [0.1, 0.15) is 12.0 Å². The van der Waals surface area contributed by atoms with Crippen LogP contribution >= 0.6 is 12.4 Å². The van der Waals surface area contributed by atoms with Crippen molar-refractivity contribution in [2.45, 2.75) is 38.5 Å². The maximum atomic E-state index is 13.0. The molecule has 0 saturated carbocycles. The third-order valence-electron chi connectivity index (χ3n) is 6.30. The Morgan fingerprint density at radius 1 is 1.07 bits per heavy atom. The second-order valence-electron chi connectivity index (χ2n) is 8.32. The first-order valence-corrected chi connectivity index (χ1v) is 10.6. The zero-order valence-electron chi connectivity index (χ0n) is 17.2. The van der Waals surface area contributed by atoms with Crippen LogP contribution in [0.25, 0.3) is 0 Å². The van der Waals surface area contributed by atoms with E-state index in [2.05, 4.69) is 15.9 Å². The van der Waals surface area contributed by atoms with Crippen LogP contribution in [0.5, 0.6) is 0 Å². The van der Waals surface area contributed by atoms with E-state index in [0.717, 1.165) is 57.5 Å². The van der Waals surface area contributed by atoms with Crippen molar-refractivity contribution in [3.63, 3.8) is 0 Å². The molecular weight excluding hydrogens is 403 g/mol.